The molecular formula is C20H27N5O2S2. The molecule has 0 atom stereocenters. The van der Waals surface area contributed by atoms with Gasteiger partial charge < -0.3 is 0 Å². The molecule has 0 amide bonds. The van der Waals surface area contributed by atoms with Gasteiger partial charge >= 0.3 is 5.69 Å². The van der Waals surface area contributed by atoms with Crippen LogP contribution in [0.5, 0.6) is 0 Å². The Morgan fingerprint density at radius 3 is 2.41 bits per heavy atom. The smallest absolute Gasteiger partial charge is 0.277 e. The molecule has 29 heavy (non-hydrogen) atoms. The van der Waals surface area contributed by atoms with Crippen LogP contribution >= 0.6 is 23.1 Å². The van der Waals surface area contributed by atoms with E-state index in [2.05, 4.69) is 34.2 Å². The van der Waals surface area contributed by atoms with Crippen LogP contribution < -0.4 is 11.2 Å². The molecular weight excluding hydrogens is 406 g/mol. The van der Waals surface area contributed by atoms with Crippen molar-refractivity contribution in [2.45, 2.75) is 70.2 Å². The predicted molar refractivity (Wildman–Crippen MR) is 119 cm³/mol. The molecule has 0 aliphatic rings. The highest BCUT2D eigenvalue weighted by atomic mass is 32.2. The van der Waals surface area contributed by atoms with Gasteiger partial charge in [-0.2, -0.15) is 0 Å². The number of nitrogens with zero attached hydrogens (tertiary/aromatic N) is 5. The number of aryl methyl sites for hydroxylation is 1. The summed E-state index contributed by atoms with van der Waals surface area (Å²) in [5, 5.41) is 4.18. The highest BCUT2D eigenvalue weighted by Gasteiger charge is 2.20. The molecule has 156 valence electrons. The van der Waals surface area contributed by atoms with Crippen molar-refractivity contribution < 1.29 is 0 Å². The van der Waals surface area contributed by atoms with Gasteiger partial charge in [-0.05, 0) is 6.42 Å². The SMILES string of the molecule is CCCn1c(=O)n(C)c(=O)c2c(SCc3csc(C(C)C)n3)nc(C(C)C)nc21. The van der Waals surface area contributed by atoms with E-state index in [0.717, 1.165) is 21.7 Å². The van der Waals surface area contributed by atoms with Crippen molar-refractivity contribution in [3.63, 3.8) is 0 Å². The van der Waals surface area contributed by atoms with Crippen LogP contribution in [0.2, 0.25) is 0 Å². The van der Waals surface area contributed by atoms with Gasteiger partial charge in [-0.25, -0.2) is 19.7 Å². The van der Waals surface area contributed by atoms with Crippen molar-refractivity contribution >= 4 is 34.1 Å². The Kier molecular flexibility index (Phi) is 6.58. The number of rotatable bonds is 7. The van der Waals surface area contributed by atoms with Crippen LogP contribution in [-0.2, 0) is 19.3 Å². The summed E-state index contributed by atoms with van der Waals surface area (Å²) >= 11 is 3.13. The van der Waals surface area contributed by atoms with Crippen molar-refractivity contribution in [2.75, 3.05) is 0 Å². The van der Waals surface area contributed by atoms with Crippen LogP contribution in [0.1, 0.15) is 69.4 Å². The molecule has 7 nitrogen and oxygen atoms in total. The first-order valence-electron chi connectivity index (χ1n) is 9.83. The number of thioether (sulfide) groups is 1. The zero-order chi connectivity index (χ0) is 21.3. The van der Waals surface area contributed by atoms with E-state index >= 15 is 0 Å². The summed E-state index contributed by atoms with van der Waals surface area (Å²) in [6, 6.07) is 0. The maximum atomic E-state index is 13.0. The topological polar surface area (TPSA) is 82.7 Å². The van der Waals surface area contributed by atoms with Crippen molar-refractivity contribution in [1.82, 2.24) is 24.1 Å². The lowest BCUT2D eigenvalue weighted by molar-refractivity contribution is 0.603. The Morgan fingerprint density at radius 1 is 1.10 bits per heavy atom. The maximum absolute atomic E-state index is 13.0. The maximum Gasteiger partial charge on any atom is 0.332 e. The minimum Gasteiger partial charge on any atom is -0.277 e. The molecule has 3 aromatic heterocycles. The fourth-order valence-electron chi connectivity index (χ4n) is 2.94. The third-order valence-electron chi connectivity index (χ3n) is 4.55. The molecule has 3 heterocycles. The summed E-state index contributed by atoms with van der Waals surface area (Å²) in [7, 11) is 1.51. The quantitative estimate of drug-likeness (QED) is 0.415. The third-order valence-corrected chi connectivity index (χ3v) is 6.75. The predicted octanol–water partition coefficient (Wildman–Crippen LogP) is 3.90. The van der Waals surface area contributed by atoms with Crippen LogP contribution in [0.3, 0.4) is 0 Å². The van der Waals surface area contributed by atoms with Crippen molar-refractivity contribution in [3.05, 3.63) is 42.7 Å². The Bertz CT molecular complexity index is 1140. The minimum absolute atomic E-state index is 0.0832. The zero-order valence-electron chi connectivity index (χ0n) is 17.7. The number of fused-ring (bicyclic) bond motifs is 1. The fraction of sp³-hybridized carbons (Fsp3) is 0.550. The molecule has 0 fully saturated rings. The standard InChI is InChI=1S/C20H27N5O2S2/c1-7-8-25-16-14(19(26)24(6)20(25)27)18(23-15(22-16)11(2)3)29-10-13-9-28-17(21-13)12(4)5/h9,11-12H,7-8,10H2,1-6H3. The van der Waals surface area contributed by atoms with Crippen LogP contribution in [0, 0.1) is 0 Å². The van der Waals surface area contributed by atoms with Crippen molar-refractivity contribution in [2.24, 2.45) is 7.05 Å². The van der Waals surface area contributed by atoms with Gasteiger partial charge in [0.25, 0.3) is 5.56 Å². The summed E-state index contributed by atoms with van der Waals surface area (Å²) < 4.78 is 2.74. The van der Waals surface area contributed by atoms with E-state index in [-0.39, 0.29) is 17.2 Å². The van der Waals surface area contributed by atoms with E-state index in [0.29, 0.717) is 40.1 Å². The second kappa shape index (κ2) is 8.79. The van der Waals surface area contributed by atoms with Gasteiger partial charge in [0, 0.05) is 36.6 Å². The van der Waals surface area contributed by atoms with Crippen LogP contribution in [0.4, 0.5) is 0 Å². The zero-order valence-corrected chi connectivity index (χ0v) is 19.4. The number of thiazole rings is 1. The van der Waals surface area contributed by atoms with E-state index in [1.807, 2.05) is 20.8 Å². The highest BCUT2D eigenvalue weighted by molar-refractivity contribution is 7.98. The molecule has 3 aromatic rings. The van der Waals surface area contributed by atoms with E-state index < -0.39 is 0 Å². The van der Waals surface area contributed by atoms with Gasteiger partial charge in [0.15, 0.2) is 5.65 Å². The molecule has 0 aliphatic heterocycles. The number of aromatic nitrogens is 5. The summed E-state index contributed by atoms with van der Waals surface area (Å²) in [5.41, 5.74) is 0.716. The molecule has 0 radical (unpaired) electrons. The highest BCUT2D eigenvalue weighted by Crippen LogP contribution is 2.29. The summed E-state index contributed by atoms with van der Waals surface area (Å²) in [4.78, 5) is 39.6. The largest absolute Gasteiger partial charge is 0.332 e. The molecule has 0 saturated carbocycles. The molecule has 0 unspecified atom stereocenters. The van der Waals surface area contributed by atoms with Gasteiger partial charge in [0.05, 0.1) is 10.7 Å². The Hall–Kier alpha value is -2.00. The molecule has 0 saturated heterocycles. The molecule has 0 spiro atoms. The summed E-state index contributed by atoms with van der Waals surface area (Å²) in [5.74, 6) is 1.73. The molecule has 0 N–H and O–H groups in total. The molecule has 3 rings (SSSR count). The minimum atomic E-state index is -0.351. The van der Waals surface area contributed by atoms with Gasteiger partial charge in [0.1, 0.15) is 16.2 Å². The van der Waals surface area contributed by atoms with Crippen LogP contribution in [-0.4, -0.2) is 24.1 Å². The molecule has 0 aliphatic carbocycles. The lowest BCUT2D eigenvalue weighted by Gasteiger charge is -2.14. The summed E-state index contributed by atoms with van der Waals surface area (Å²) in [6.45, 7) is 10.8. The van der Waals surface area contributed by atoms with Gasteiger partial charge in [-0.15, -0.1) is 11.3 Å². The molecule has 0 bridgehead atoms. The van der Waals surface area contributed by atoms with Gasteiger partial charge in [0.2, 0.25) is 0 Å². The van der Waals surface area contributed by atoms with Crippen LogP contribution in [0.25, 0.3) is 11.0 Å². The van der Waals surface area contributed by atoms with Crippen molar-refractivity contribution in [1.29, 1.82) is 0 Å². The second-order valence-electron chi connectivity index (χ2n) is 7.66. The van der Waals surface area contributed by atoms with E-state index in [1.54, 1.807) is 15.9 Å². The average Bonchev–Trinajstić information content (AvgIpc) is 3.16. The lowest BCUT2D eigenvalue weighted by atomic mass is 10.2. The first-order chi connectivity index (χ1) is 13.7. The Balaban J connectivity index is 2.16. The third kappa shape index (κ3) is 4.30. The first kappa shape index (κ1) is 21.7. The second-order valence-corrected chi connectivity index (χ2v) is 9.51. The monoisotopic (exact) mass is 433 g/mol. The van der Waals surface area contributed by atoms with E-state index in [1.165, 1.54) is 18.8 Å². The van der Waals surface area contributed by atoms with E-state index in [4.69, 9.17) is 0 Å². The summed E-state index contributed by atoms with van der Waals surface area (Å²) in [6.07, 6.45) is 0.771. The van der Waals surface area contributed by atoms with E-state index in [9.17, 15) is 9.59 Å². The number of hydrogen-bond donors (Lipinski definition) is 0. The van der Waals surface area contributed by atoms with Crippen LogP contribution in [0.15, 0.2) is 20.0 Å². The molecule has 0 aromatic carbocycles. The van der Waals surface area contributed by atoms with Gasteiger partial charge in [-0.1, -0.05) is 46.4 Å². The lowest BCUT2D eigenvalue weighted by Crippen LogP contribution is -2.39. The normalized spacial score (nSPS) is 11.9. The van der Waals surface area contributed by atoms with Crippen molar-refractivity contribution in [3.8, 4) is 0 Å². The number of hydrogen-bond acceptors (Lipinski definition) is 7. The Labute approximate surface area is 178 Å². The molecule has 9 heteroatoms. The average molecular weight is 434 g/mol. The fourth-order valence-corrected chi connectivity index (χ4v) is 4.79. The first-order valence-corrected chi connectivity index (χ1v) is 11.7. The van der Waals surface area contributed by atoms with Gasteiger partial charge in [-0.3, -0.25) is 13.9 Å². The Morgan fingerprint density at radius 2 is 1.83 bits per heavy atom.